The Morgan fingerprint density at radius 1 is 0.559 bits per heavy atom. The molecular weight excluding hydrogens is 472 g/mol. The predicted molar refractivity (Wildman–Crippen MR) is 139 cm³/mol. The van der Waals surface area contributed by atoms with Gasteiger partial charge in [-0.2, -0.15) is 16.8 Å². The summed E-state index contributed by atoms with van der Waals surface area (Å²) in [5.74, 6) is 0. The summed E-state index contributed by atoms with van der Waals surface area (Å²) < 4.78 is 67.5. The SMILES string of the molecule is CCCCCCCCCCc1ccc(S(=O)(=O)O)c(S(=O)(=O)O)c1CCCCCCCCCC. The lowest BCUT2D eigenvalue weighted by Crippen LogP contribution is -2.14. The van der Waals surface area contributed by atoms with E-state index in [9.17, 15) is 25.9 Å². The van der Waals surface area contributed by atoms with Crippen molar-refractivity contribution in [3.8, 4) is 0 Å². The Morgan fingerprint density at radius 3 is 1.38 bits per heavy atom. The van der Waals surface area contributed by atoms with E-state index in [1.54, 1.807) is 6.07 Å². The first-order valence-corrected chi connectivity index (χ1v) is 16.1. The molecule has 0 heterocycles. The number of hydrogen-bond acceptors (Lipinski definition) is 4. The first kappa shape index (κ1) is 31.1. The number of benzene rings is 1. The Hall–Kier alpha value is -0.960. The minimum Gasteiger partial charge on any atom is -0.282 e. The van der Waals surface area contributed by atoms with Gasteiger partial charge in [0.15, 0.2) is 0 Å². The van der Waals surface area contributed by atoms with Crippen LogP contribution in [0.3, 0.4) is 0 Å². The number of aryl methyl sites for hydroxylation is 1. The highest BCUT2D eigenvalue weighted by atomic mass is 32.2. The van der Waals surface area contributed by atoms with Crippen molar-refractivity contribution < 1.29 is 25.9 Å². The third-order valence-electron chi connectivity index (χ3n) is 6.44. The van der Waals surface area contributed by atoms with Gasteiger partial charge in [-0.25, -0.2) is 0 Å². The maximum atomic E-state index is 12.2. The van der Waals surface area contributed by atoms with Crippen molar-refractivity contribution >= 4 is 20.2 Å². The molecule has 0 saturated carbocycles. The summed E-state index contributed by atoms with van der Waals surface area (Å²) in [6.07, 6.45) is 18.8. The van der Waals surface area contributed by atoms with Crippen LogP contribution in [-0.2, 0) is 33.1 Å². The van der Waals surface area contributed by atoms with E-state index in [2.05, 4.69) is 13.8 Å². The minimum atomic E-state index is -4.81. The Balaban J connectivity index is 2.89. The Morgan fingerprint density at radius 2 is 0.971 bits per heavy atom. The second-order valence-electron chi connectivity index (χ2n) is 9.43. The van der Waals surface area contributed by atoms with Crippen molar-refractivity contribution in [2.45, 2.75) is 139 Å². The van der Waals surface area contributed by atoms with Gasteiger partial charge in [0.05, 0.1) is 0 Å². The molecular formula is C26H46O6S2. The average Bonchev–Trinajstić information content (AvgIpc) is 2.76. The van der Waals surface area contributed by atoms with Gasteiger partial charge in [-0.05, 0) is 42.9 Å². The molecule has 0 spiro atoms. The van der Waals surface area contributed by atoms with Crippen LogP contribution < -0.4 is 0 Å². The molecule has 0 saturated heterocycles. The van der Waals surface area contributed by atoms with Crippen LogP contribution in [0.15, 0.2) is 21.9 Å². The second kappa shape index (κ2) is 16.7. The highest BCUT2D eigenvalue weighted by Crippen LogP contribution is 2.30. The lowest BCUT2D eigenvalue weighted by molar-refractivity contribution is 0.464. The molecule has 0 bridgehead atoms. The van der Waals surface area contributed by atoms with Crippen molar-refractivity contribution in [2.75, 3.05) is 0 Å². The third-order valence-corrected chi connectivity index (χ3v) is 8.44. The summed E-state index contributed by atoms with van der Waals surface area (Å²) in [4.78, 5) is -1.38. The van der Waals surface area contributed by atoms with Gasteiger partial charge in [0.25, 0.3) is 20.2 Å². The van der Waals surface area contributed by atoms with Crippen molar-refractivity contribution in [2.24, 2.45) is 0 Å². The van der Waals surface area contributed by atoms with Gasteiger partial charge in [0, 0.05) is 0 Å². The third kappa shape index (κ3) is 12.1. The summed E-state index contributed by atoms with van der Waals surface area (Å²) >= 11 is 0. The first-order valence-electron chi connectivity index (χ1n) is 13.2. The van der Waals surface area contributed by atoms with E-state index in [4.69, 9.17) is 0 Å². The minimum absolute atomic E-state index is 0.339. The van der Waals surface area contributed by atoms with Gasteiger partial charge >= 0.3 is 0 Å². The van der Waals surface area contributed by atoms with Crippen molar-refractivity contribution in [3.05, 3.63) is 23.3 Å². The monoisotopic (exact) mass is 518 g/mol. The molecule has 0 aliphatic rings. The average molecular weight is 519 g/mol. The van der Waals surface area contributed by atoms with E-state index in [0.29, 0.717) is 24.8 Å². The van der Waals surface area contributed by atoms with Crippen molar-refractivity contribution in [3.63, 3.8) is 0 Å². The van der Waals surface area contributed by atoms with Crippen LogP contribution in [0, 0.1) is 0 Å². The number of unbranched alkanes of at least 4 members (excludes halogenated alkanes) is 14. The maximum absolute atomic E-state index is 12.2. The molecule has 0 aromatic heterocycles. The van der Waals surface area contributed by atoms with Crippen molar-refractivity contribution in [1.82, 2.24) is 0 Å². The van der Waals surface area contributed by atoms with E-state index in [1.165, 1.54) is 57.8 Å². The Bertz CT molecular complexity index is 907. The zero-order valence-corrected chi connectivity index (χ0v) is 22.9. The fourth-order valence-corrected chi connectivity index (χ4v) is 6.62. The summed E-state index contributed by atoms with van der Waals surface area (Å²) in [5.41, 5.74) is 1.08. The largest absolute Gasteiger partial charge is 0.296 e. The van der Waals surface area contributed by atoms with Crippen LogP contribution in [0.4, 0.5) is 0 Å². The van der Waals surface area contributed by atoms with Crippen molar-refractivity contribution in [1.29, 1.82) is 0 Å². The van der Waals surface area contributed by atoms with E-state index >= 15 is 0 Å². The fraction of sp³-hybridized carbons (Fsp3) is 0.769. The zero-order chi connectivity index (χ0) is 25.5. The van der Waals surface area contributed by atoms with Gasteiger partial charge < -0.3 is 0 Å². The molecule has 0 amide bonds. The highest BCUT2D eigenvalue weighted by Gasteiger charge is 2.28. The first-order chi connectivity index (χ1) is 16.1. The highest BCUT2D eigenvalue weighted by molar-refractivity contribution is 7.89. The fourth-order valence-electron chi connectivity index (χ4n) is 4.53. The molecule has 1 aromatic carbocycles. The van der Waals surface area contributed by atoms with Crippen LogP contribution in [0.2, 0.25) is 0 Å². The van der Waals surface area contributed by atoms with Crippen LogP contribution in [0.25, 0.3) is 0 Å². The molecule has 8 heteroatoms. The molecule has 0 aliphatic heterocycles. The molecule has 0 atom stereocenters. The van der Waals surface area contributed by atoms with Gasteiger partial charge in [0.2, 0.25) is 0 Å². The van der Waals surface area contributed by atoms with Crippen LogP contribution >= 0.6 is 0 Å². The maximum Gasteiger partial charge on any atom is 0.296 e. The lowest BCUT2D eigenvalue weighted by atomic mass is 9.96. The molecule has 1 aromatic rings. The van der Waals surface area contributed by atoms with Crippen LogP contribution in [0.1, 0.15) is 128 Å². The molecule has 2 N–H and O–H groups in total. The normalized spacial score (nSPS) is 12.4. The molecule has 0 aliphatic carbocycles. The summed E-state index contributed by atoms with van der Waals surface area (Å²) in [6, 6.07) is 2.70. The van der Waals surface area contributed by atoms with Gasteiger partial charge in [-0.15, -0.1) is 0 Å². The molecule has 6 nitrogen and oxygen atoms in total. The molecule has 0 unspecified atom stereocenters. The molecule has 198 valence electrons. The second-order valence-corrected chi connectivity index (χ2v) is 12.2. The smallest absolute Gasteiger partial charge is 0.282 e. The van der Waals surface area contributed by atoms with Gasteiger partial charge in [-0.3, -0.25) is 9.11 Å². The molecule has 0 radical (unpaired) electrons. The predicted octanol–water partition coefficient (Wildman–Crippen LogP) is 7.55. The van der Waals surface area contributed by atoms with Gasteiger partial charge in [-0.1, -0.05) is 110 Å². The zero-order valence-electron chi connectivity index (χ0n) is 21.2. The Kier molecular flexibility index (Phi) is 15.2. The summed E-state index contributed by atoms with van der Waals surface area (Å²) in [5, 5.41) is 0. The number of rotatable bonds is 20. The molecule has 0 fully saturated rings. The van der Waals surface area contributed by atoms with E-state index in [1.807, 2.05) is 0 Å². The summed E-state index contributed by atoms with van der Waals surface area (Å²) in [6.45, 7) is 4.37. The molecule has 34 heavy (non-hydrogen) atoms. The lowest BCUT2D eigenvalue weighted by Gasteiger charge is -2.16. The Labute approximate surface area is 208 Å². The van der Waals surface area contributed by atoms with E-state index in [0.717, 1.165) is 50.2 Å². The van der Waals surface area contributed by atoms with Gasteiger partial charge in [0.1, 0.15) is 9.79 Å². The summed E-state index contributed by atoms with van der Waals surface area (Å²) in [7, 11) is -9.60. The van der Waals surface area contributed by atoms with E-state index < -0.39 is 30.0 Å². The van der Waals surface area contributed by atoms with Crippen LogP contribution in [0.5, 0.6) is 0 Å². The van der Waals surface area contributed by atoms with E-state index in [-0.39, 0.29) is 0 Å². The standard InChI is InChI=1S/C26H46O6S2/c1-3-5-7-9-11-13-15-17-19-23-21-22-25(33(27,28)29)26(34(30,31)32)24(23)20-18-16-14-12-10-8-6-4-2/h21-22H,3-20H2,1-2H3,(H,27,28,29)(H,30,31,32). The topological polar surface area (TPSA) is 109 Å². The molecule has 1 rings (SSSR count). The van der Waals surface area contributed by atoms with Crippen LogP contribution in [-0.4, -0.2) is 25.9 Å². The number of hydrogen-bond donors (Lipinski definition) is 2. The quantitative estimate of drug-likeness (QED) is 0.136.